The number of amides is 1. The van der Waals surface area contributed by atoms with Gasteiger partial charge in [-0.1, -0.05) is 62.7 Å². The molecule has 158 valence electrons. The van der Waals surface area contributed by atoms with Crippen LogP contribution in [0.5, 0.6) is 0 Å². The first-order chi connectivity index (χ1) is 14.5. The highest BCUT2D eigenvalue weighted by molar-refractivity contribution is 6.31. The van der Waals surface area contributed by atoms with Crippen molar-refractivity contribution in [2.75, 3.05) is 18.0 Å². The van der Waals surface area contributed by atoms with Crippen molar-refractivity contribution in [1.82, 2.24) is 15.3 Å². The van der Waals surface area contributed by atoms with Gasteiger partial charge in [0.15, 0.2) is 0 Å². The number of nitrogens with zero attached hydrogens (tertiary/aromatic N) is 3. The smallest absolute Gasteiger partial charge is 0.222 e. The van der Waals surface area contributed by atoms with Gasteiger partial charge in [0.25, 0.3) is 0 Å². The topological polar surface area (TPSA) is 58.1 Å². The van der Waals surface area contributed by atoms with Crippen LogP contribution in [0.1, 0.15) is 38.6 Å². The maximum absolute atomic E-state index is 12.5. The number of benzene rings is 2. The molecule has 0 saturated heterocycles. The number of fused-ring (bicyclic) bond motifs is 1. The van der Waals surface area contributed by atoms with Crippen molar-refractivity contribution in [1.29, 1.82) is 0 Å². The van der Waals surface area contributed by atoms with Gasteiger partial charge in [0.2, 0.25) is 5.91 Å². The molecular weight excluding hydrogens is 396 g/mol. The Morgan fingerprint density at radius 3 is 2.60 bits per heavy atom. The number of nitrogens with one attached hydrogen (secondary N) is 1. The minimum Gasteiger partial charge on any atom is -0.355 e. The van der Waals surface area contributed by atoms with Crippen molar-refractivity contribution >= 4 is 34.2 Å². The molecule has 0 aliphatic heterocycles. The number of halogens is 1. The summed E-state index contributed by atoms with van der Waals surface area (Å²) in [4.78, 5) is 24.1. The SMILES string of the molecule is CCc1nc(N(CCC(=O)NCc2ccccc2)CC(C)C)c2ccc(Cl)cc2n1. The summed E-state index contributed by atoms with van der Waals surface area (Å²) in [6.07, 6.45) is 1.14. The van der Waals surface area contributed by atoms with Crippen LogP contribution in [0, 0.1) is 5.92 Å². The van der Waals surface area contributed by atoms with Gasteiger partial charge >= 0.3 is 0 Å². The minimum atomic E-state index is 0.0322. The number of hydrogen-bond donors (Lipinski definition) is 1. The average molecular weight is 425 g/mol. The Morgan fingerprint density at radius 1 is 1.13 bits per heavy atom. The lowest BCUT2D eigenvalue weighted by molar-refractivity contribution is -0.121. The Labute approximate surface area is 183 Å². The summed E-state index contributed by atoms with van der Waals surface area (Å²) in [6, 6.07) is 15.6. The molecule has 0 fully saturated rings. The number of carbonyl (C=O) groups excluding carboxylic acids is 1. The molecule has 0 unspecified atom stereocenters. The molecule has 6 heteroatoms. The van der Waals surface area contributed by atoms with Gasteiger partial charge in [-0.2, -0.15) is 0 Å². The zero-order valence-electron chi connectivity index (χ0n) is 17.9. The van der Waals surface area contributed by atoms with Crippen molar-refractivity contribution in [2.24, 2.45) is 5.92 Å². The molecule has 1 amide bonds. The van der Waals surface area contributed by atoms with E-state index >= 15 is 0 Å². The van der Waals surface area contributed by atoms with E-state index in [2.05, 4.69) is 29.0 Å². The molecule has 0 bridgehead atoms. The van der Waals surface area contributed by atoms with Crippen LogP contribution < -0.4 is 10.2 Å². The van der Waals surface area contributed by atoms with E-state index in [1.165, 1.54) is 0 Å². The number of anilines is 1. The highest BCUT2D eigenvalue weighted by Gasteiger charge is 2.17. The zero-order chi connectivity index (χ0) is 21.5. The summed E-state index contributed by atoms with van der Waals surface area (Å²) in [5, 5.41) is 4.63. The highest BCUT2D eigenvalue weighted by atomic mass is 35.5. The molecule has 0 saturated carbocycles. The lowest BCUT2D eigenvalue weighted by atomic mass is 10.1. The standard InChI is InChI=1S/C24H29ClN4O/c1-4-22-27-21-14-19(25)10-11-20(21)24(28-22)29(16-17(2)3)13-12-23(30)26-15-18-8-6-5-7-9-18/h5-11,14,17H,4,12-13,15-16H2,1-3H3,(H,26,30). The third kappa shape index (κ3) is 5.92. The monoisotopic (exact) mass is 424 g/mol. The van der Waals surface area contributed by atoms with Gasteiger partial charge in [0, 0.05) is 42.9 Å². The first kappa shape index (κ1) is 22.0. The molecule has 3 rings (SSSR count). The van der Waals surface area contributed by atoms with Gasteiger partial charge < -0.3 is 10.2 Å². The van der Waals surface area contributed by atoms with E-state index in [-0.39, 0.29) is 5.91 Å². The Morgan fingerprint density at radius 2 is 1.90 bits per heavy atom. The lowest BCUT2D eigenvalue weighted by Gasteiger charge is -2.27. The van der Waals surface area contributed by atoms with Crippen LogP contribution >= 0.6 is 11.6 Å². The maximum Gasteiger partial charge on any atom is 0.222 e. The van der Waals surface area contributed by atoms with E-state index in [0.717, 1.165) is 41.1 Å². The average Bonchev–Trinajstić information content (AvgIpc) is 2.74. The molecule has 3 aromatic rings. The molecule has 5 nitrogen and oxygen atoms in total. The van der Waals surface area contributed by atoms with Crippen LogP contribution in [-0.4, -0.2) is 29.0 Å². The van der Waals surface area contributed by atoms with E-state index in [1.807, 2.05) is 55.5 Å². The molecule has 1 N–H and O–H groups in total. The second-order valence-electron chi connectivity index (χ2n) is 7.83. The summed E-state index contributed by atoms with van der Waals surface area (Å²) in [5.74, 6) is 2.12. The third-order valence-corrected chi connectivity index (χ3v) is 5.06. The van der Waals surface area contributed by atoms with E-state index in [0.29, 0.717) is 30.5 Å². The number of hydrogen-bond acceptors (Lipinski definition) is 4. The molecule has 2 aromatic carbocycles. The Bertz CT molecular complexity index is 991. The summed E-state index contributed by atoms with van der Waals surface area (Å²) >= 11 is 6.19. The van der Waals surface area contributed by atoms with Crippen molar-refractivity contribution in [3.63, 3.8) is 0 Å². The van der Waals surface area contributed by atoms with Crippen molar-refractivity contribution < 1.29 is 4.79 Å². The van der Waals surface area contributed by atoms with Crippen LogP contribution in [0.25, 0.3) is 10.9 Å². The van der Waals surface area contributed by atoms with E-state index in [4.69, 9.17) is 16.6 Å². The Hall–Kier alpha value is -2.66. The third-order valence-electron chi connectivity index (χ3n) is 4.83. The van der Waals surface area contributed by atoms with Gasteiger partial charge in [0.05, 0.1) is 5.52 Å². The van der Waals surface area contributed by atoms with Gasteiger partial charge in [-0.3, -0.25) is 4.79 Å². The summed E-state index contributed by atoms with van der Waals surface area (Å²) in [6.45, 7) is 8.32. The van der Waals surface area contributed by atoms with E-state index < -0.39 is 0 Å². The number of carbonyl (C=O) groups is 1. The quantitative estimate of drug-likeness (QED) is 0.524. The fraction of sp³-hybridized carbons (Fsp3) is 0.375. The van der Waals surface area contributed by atoms with Crippen LogP contribution in [0.3, 0.4) is 0 Å². The van der Waals surface area contributed by atoms with E-state index in [1.54, 1.807) is 0 Å². The second kappa shape index (κ2) is 10.4. The zero-order valence-corrected chi connectivity index (χ0v) is 18.6. The van der Waals surface area contributed by atoms with Gasteiger partial charge in [-0.25, -0.2) is 9.97 Å². The molecule has 1 aromatic heterocycles. The molecular formula is C24H29ClN4O. The second-order valence-corrected chi connectivity index (χ2v) is 8.27. The largest absolute Gasteiger partial charge is 0.355 e. The molecule has 0 aliphatic carbocycles. The van der Waals surface area contributed by atoms with Crippen molar-refractivity contribution in [2.45, 2.75) is 40.2 Å². The number of aryl methyl sites for hydroxylation is 1. The number of aromatic nitrogens is 2. The Kier molecular flexibility index (Phi) is 7.63. The van der Waals surface area contributed by atoms with Crippen LogP contribution in [0.15, 0.2) is 48.5 Å². The van der Waals surface area contributed by atoms with Crippen LogP contribution in [-0.2, 0) is 17.8 Å². The van der Waals surface area contributed by atoms with Crippen LogP contribution in [0.2, 0.25) is 5.02 Å². The van der Waals surface area contributed by atoms with Crippen molar-refractivity contribution in [3.8, 4) is 0 Å². The fourth-order valence-electron chi connectivity index (χ4n) is 3.38. The first-order valence-electron chi connectivity index (χ1n) is 10.5. The van der Waals surface area contributed by atoms with Crippen molar-refractivity contribution in [3.05, 3.63) is 64.9 Å². The van der Waals surface area contributed by atoms with Gasteiger partial charge in [-0.15, -0.1) is 0 Å². The summed E-state index contributed by atoms with van der Waals surface area (Å²) < 4.78 is 0. The predicted molar refractivity (Wildman–Crippen MR) is 124 cm³/mol. The summed E-state index contributed by atoms with van der Waals surface area (Å²) in [7, 11) is 0. The maximum atomic E-state index is 12.5. The summed E-state index contributed by atoms with van der Waals surface area (Å²) in [5.41, 5.74) is 1.93. The fourth-order valence-corrected chi connectivity index (χ4v) is 3.54. The molecule has 30 heavy (non-hydrogen) atoms. The molecule has 1 heterocycles. The normalized spacial score (nSPS) is 11.1. The molecule has 0 radical (unpaired) electrons. The lowest BCUT2D eigenvalue weighted by Crippen LogP contribution is -2.34. The molecule has 0 aliphatic rings. The van der Waals surface area contributed by atoms with Crippen LogP contribution in [0.4, 0.5) is 5.82 Å². The Balaban J connectivity index is 1.78. The van der Waals surface area contributed by atoms with Gasteiger partial charge in [0.1, 0.15) is 11.6 Å². The highest BCUT2D eigenvalue weighted by Crippen LogP contribution is 2.27. The molecule has 0 atom stereocenters. The first-order valence-corrected chi connectivity index (χ1v) is 10.9. The van der Waals surface area contributed by atoms with Gasteiger partial charge in [-0.05, 0) is 29.7 Å². The van der Waals surface area contributed by atoms with E-state index in [9.17, 15) is 4.79 Å². The minimum absolute atomic E-state index is 0.0322. The molecule has 0 spiro atoms. The predicted octanol–water partition coefficient (Wildman–Crippen LogP) is 5.01. The number of rotatable bonds is 9.